The van der Waals surface area contributed by atoms with Crippen LogP contribution in [0.4, 0.5) is 0 Å². The van der Waals surface area contributed by atoms with Gasteiger partial charge in [0, 0.05) is 19.3 Å². The molecule has 0 spiro atoms. The van der Waals surface area contributed by atoms with Gasteiger partial charge in [0.25, 0.3) is 0 Å². The van der Waals surface area contributed by atoms with Crippen molar-refractivity contribution in [3.8, 4) is 0 Å². The SMILES string of the molecule is CC/C=C\C/C=C\C/C=C\C/C=C\C/C=C\CCCCCC(=O)OCC(COC(=O)CCCCCCCC/C=C\C=C/CCCCC)OC(=O)CCCCCCC/C=C\CCCCCCCCCCC. The van der Waals surface area contributed by atoms with Crippen LogP contribution in [0.1, 0.15) is 271 Å². The van der Waals surface area contributed by atoms with Gasteiger partial charge < -0.3 is 14.2 Å². The van der Waals surface area contributed by atoms with E-state index in [2.05, 4.69) is 118 Å². The highest BCUT2D eigenvalue weighted by molar-refractivity contribution is 5.71. The Hall–Kier alpha value is -3.67. The molecule has 0 aliphatic carbocycles. The summed E-state index contributed by atoms with van der Waals surface area (Å²) in [6.07, 6.45) is 76.8. The minimum absolute atomic E-state index is 0.0980. The third kappa shape index (κ3) is 55.3. The van der Waals surface area contributed by atoms with Crippen LogP contribution in [0, 0.1) is 0 Å². The molecule has 70 heavy (non-hydrogen) atoms. The van der Waals surface area contributed by atoms with Gasteiger partial charge in [-0.2, -0.15) is 0 Å². The number of rotatable bonds is 52. The molecule has 1 unspecified atom stereocenters. The highest BCUT2D eigenvalue weighted by Gasteiger charge is 2.19. The van der Waals surface area contributed by atoms with Gasteiger partial charge in [0.1, 0.15) is 13.2 Å². The van der Waals surface area contributed by atoms with Crippen molar-refractivity contribution in [2.45, 2.75) is 277 Å². The molecule has 0 radical (unpaired) electrons. The van der Waals surface area contributed by atoms with E-state index < -0.39 is 6.10 Å². The van der Waals surface area contributed by atoms with Gasteiger partial charge in [-0.15, -0.1) is 0 Å². The Labute approximate surface area is 432 Å². The van der Waals surface area contributed by atoms with Crippen LogP contribution in [-0.4, -0.2) is 37.2 Å². The Kier molecular flexibility index (Phi) is 54.9. The van der Waals surface area contributed by atoms with Crippen LogP contribution in [0.25, 0.3) is 0 Å². The van der Waals surface area contributed by atoms with Gasteiger partial charge in [-0.3, -0.25) is 14.4 Å². The molecule has 6 heteroatoms. The van der Waals surface area contributed by atoms with Crippen LogP contribution in [0.15, 0.2) is 97.2 Å². The van der Waals surface area contributed by atoms with Gasteiger partial charge >= 0.3 is 17.9 Å². The normalized spacial score (nSPS) is 12.8. The molecular weight excluding hydrogens is 865 g/mol. The maximum atomic E-state index is 12.9. The number of carbonyl (C=O) groups is 3. The maximum absolute atomic E-state index is 12.9. The fourth-order valence-electron chi connectivity index (χ4n) is 7.92. The molecule has 0 aliphatic rings. The zero-order chi connectivity index (χ0) is 50.7. The van der Waals surface area contributed by atoms with E-state index in [0.717, 1.165) is 116 Å². The molecular formula is C64H108O6. The number of esters is 3. The molecule has 6 nitrogen and oxygen atoms in total. The van der Waals surface area contributed by atoms with Gasteiger partial charge in [-0.25, -0.2) is 0 Å². The van der Waals surface area contributed by atoms with E-state index in [1.807, 2.05) is 0 Å². The minimum Gasteiger partial charge on any atom is -0.462 e. The average molecular weight is 974 g/mol. The van der Waals surface area contributed by atoms with E-state index in [1.165, 1.54) is 116 Å². The Morgan fingerprint density at radius 1 is 0.314 bits per heavy atom. The van der Waals surface area contributed by atoms with Crippen molar-refractivity contribution in [2.75, 3.05) is 13.2 Å². The molecule has 0 aromatic rings. The van der Waals surface area contributed by atoms with Gasteiger partial charge in [0.15, 0.2) is 6.10 Å². The second kappa shape index (κ2) is 57.9. The van der Waals surface area contributed by atoms with E-state index in [0.29, 0.717) is 19.3 Å². The summed E-state index contributed by atoms with van der Waals surface area (Å²) in [7, 11) is 0. The first-order chi connectivity index (χ1) is 34.5. The average Bonchev–Trinajstić information content (AvgIpc) is 3.36. The molecule has 0 aromatic heterocycles. The summed E-state index contributed by atoms with van der Waals surface area (Å²) in [5, 5.41) is 0. The molecule has 0 fully saturated rings. The molecule has 0 aliphatic heterocycles. The van der Waals surface area contributed by atoms with Crippen molar-refractivity contribution >= 4 is 17.9 Å². The lowest BCUT2D eigenvalue weighted by atomic mass is 10.1. The number of hydrogen-bond acceptors (Lipinski definition) is 6. The topological polar surface area (TPSA) is 78.9 Å². The van der Waals surface area contributed by atoms with Crippen LogP contribution in [0.3, 0.4) is 0 Å². The second-order valence-electron chi connectivity index (χ2n) is 19.2. The highest BCUT2D eigenvalue weighted by atomic mass is 16.6. The lowest BCUT2D eigenvalue weighted by Gasteiger charge is -2.18. The van der Waals surface area contributed by atoms with Crippen LogP contribution in [0.5, 0.6) is 0 Å². The third-order valence-corrected chi connectivity index (χ3v) is 12.3. The van der Waals surface area contributed by atoms with E-state index in [1.54, 1.807) is 0 Å². The Morgan fingerprint density at radius 3 is 1.01 bits per heavy atom. The molecule has 400 valence electrons. The van der Waals surface area contributed by atoms with Crippen molar-refractivity contribution in [3.05, 3.63) is 97.2 Å². The van der Waals surface area contributed by atoms with Gasteiger partial charge in [0.2, 0.25) is 0 Å². The largest absolute Gasteiger partial charge is 0.462 e. The zero-order valence-electron chi connectivity index (χ0n) is 45.8. The predicted octanol–water partition coefficient (Wildman–Crippen LogP) is 19.7. The van der Waals surface area contributed by atoms with Gasteiger partial charge in [0.05, 0.1) is 0 Å². The second-order valence-corrected chi connectivity index (χ2v) is 19.2. The Bertz CT molecular complexity index is 1400. The number of ether oxygens (including phenoxy) is 3. The molecule has 0 saturated heterocycles. The summed E-state index contributed by atoms with van der Waals surface area (Å²) in [6.45, 7) is 6.46. The third-order valence-electron chi connectivity index (χ3n) is 12.3. The molecule has 1 atom stereocenters. The first-order valence-electron chi connectivity index (χ1n) is 29.3. The van der Waals surface area contributed by atoms with Crippen molar-refractivity contribution < 1.29 is 28.6 Å². The van der Waals surface area contributed by atoms with Crippen molar-refractivity contribution in [1.29, 1.82) is 0 Å². The Balaban J connectivity index is 4.48. The molecule has 0 bridgehead atoms. The van der Waals surface area contributed by atoms with E-state index in [4.69, 9.17) is 14.2 Å². The van der Waals surface area contributed by atoms with Crippen LogP contribution >= 0.6 is 0 Å². The summed E-state index contributed by atoms with van der Waals surface area (Å²) in [5.41, 5.74) is 0. The lowest BCUT2D eigenvalue weighted by Crippen LogP contribution is -2.30. The predicted molar refractivity (Wildman–Crippen MR) is 302 cm³/mol. The van der Waals surface area contributed by atoms with Gasteiger partial charge in [-0.05, 0) is 116 Å². The van der Waals surface area contributed by atoms with E-state index in [-0.39, 0.29) is 31.1 Å². The maximum Gasteiger partial charge on any atom is 0.306 e. The first kappa shape index (κ1) is 66.3. The zero-order valence-corrected chi connectivity index (χ0v) is 45.8. The fraction of sp³-hybridized carbons (Fsp3) is 0.703. The lowest BCUT2D eigenvalue weighted by molar-refractivity contribution is -0.167. The highest BCUT2D eigenvalue weighted by Crippen LogP contribution is 2.14. The molecule has 0 amide bonds. The van der Waals surface area contributed by atoms with Gasteiger partial charge in [-0.1, -0.05) is 234 Å². The smallest absolute Gasteiger partial charge is 0.306 e. The summed E-state index contributed by atoms with van der Waals surface area (Å²) in [4.78, 5) is 38.2. The van der Waals surface area contributed by atoms with Crippen molar-refractivity contribution in [2.24, 2.45) is 0 Å². The van der Waals surface area contributed by atoms with E-state index >= 15 is 0 Å². The molecule has 0 aromatic carbocycles. The summed E-state index contributed by atoms with van der Waals surface area (Å²) in [6, 6.07) is 0. The first-order valence-corrected chi connectivity index (χ1v) is 29.3. The number of unbranched alkanes of at least 4 members (excludes halogenated alkanes) is 26. The van der Waals surface area contributed by atoms with Crippen molar-refractivity contribution in [1.82, 2.24) is 0 Å². The summed E-state index contributed by atoms with van der Waals surface area (Å²) in [5.74, 6) is -0.946. The summed E-state index contributed by atoms with van der Waals surface area (Å²) < 4.78 is 16.8. The molecule has 0 N–H and O–H groups in total. The van der Waals surface area contributed by atoms with Crippen LogP contribution in [-0.2, 0) is 28.6 Å². The van der Waals surface area contributed by atoms with E-state index in [9.17, 15) is 14.4 Å². The van der Waals surface area contributed by atoms with Crippen molar-refractivity contribution in [3.63, 3.8) is 0 Å². The molecule has 0 rings (SSSR count). The quantitative estimate of drug-likeness (QED) is 0.0199. The monoisotopic (exact) mass is 973 g/mol. The summed E-state index contributed by atoms with van der Waals surface area (Å²) >= 11 is 0. The standard InChI is InChI=1S/C64H108O6/c1-4-7-10-13-16-19-22-25-28-30-32-34-36-39-42-45-48-51-54-57-63(66)69-60-61(59-68-62(65)56-53-50-47-44-41-38-35-27-24-21-18-15-12-9-6-3)70-64(67)58-55-52-49-46-43-40-37-33-31-29-26-23-20-17-14-11-8-5-2/h7,10,16,18-19,21,24-25,27-28,32-34,37,39,42,61H,4-6,8-9,11-15,17,20,22-23,26,29-31,35-36,38,40-41,43-60H2,1-3H3/b10-7-,19-16-,21-18-,27-24-,28-25-,34-32-,37-33-,42-39-. The number of allylic oxidation sites excluding steroid dienone is 16. The van der Waals surface area contributed by atoms with Crippen LogP contribution in [0.2, 0.25) is 0 Å². The molecule has 0 heterocycles. The van der Waals surface area contributed by atoms with Crippen LogP contribution < -0.4 is 0 Å². The number of hydrogen-bond donors (Lipinski definition) is 0. The Morgan fingerprint density at radius 2 is 0.600 bits per heavy atom. The number of carbonyl (C=O) groups excluding carboxylic acids is 3. The fourth-order valence-corrected chi connectivity index (χ4v) is 7.92. The molecule has 0 saturated carbocycles. The minimum atomic E-state index is -0.802.